The summed E-state index contributed by atoms with van der Waals surface area (Å²) >= 11 is 3.53. The van der Waals surface area contributed by atoms with Crippen LogP contribution in [0.5, 0.6) is 5.75 Å². The van der Waals surface area contributed by atoms with E-state index in [0.29, 0.717) is 0 Å². The Morgan fingerprint density at radius 2 is 1.95 bits per heavy atom. The highest BCUT2D eigenvalue weighted by Crippen LogP contribution is 2.37. The molecule has 0 aliphatic carbocycles. The molecule has 112 valence electrons. The zero-order valence-corrected chi connectivity index (χ0v) is 13.9. The summed E-state index contributed by atoms with van der Waals surface area (Å²) in [6, 6.07) is 4.11. The molecular formula is C17H25BrO2. The minimum Gasteiger partial charge on any atom is -0.493 e. The number of benzene rings is 1. The Kier molecular flexibility index (Phi) is 6.37. The van der Waals surface area contributed by atoms with Crippen molar-refractivity contribution in [3.63, 3.8) is 0 Å². The van der Waals surface area contributed by atoms with E-state index in [-0.39, 0.29) is 0 Å². The van der Waals surface area contributed by atoms with Crippen molar-refractivity contribution in [2.24, 2.45) is 0 Å². The van der Waals surface area contributed by atoms with E-state index in [0.717, 1.165) is 41.7 Å². The summed E-state index contributed by atoms with van der Waals surface area (Å²) in [5.74, 6) is 0.923. The second-order valence-electron chi connectivity index (χ2n) is 5.65. The molecule has 0 radical (unpaired) electrons. The maximum absolute atomic E-state index is 10.4. The second kappa shape index (κ2) is 8.04. The van der Waals surface area contributed by atoms with Crippen molar-refractivity contribution in [2.45, 2.75) is 64.4 Å². The lowest BCUT2D eigenvalue weighted by Gasteiger charge is -2.15. The number of halogens is 1. The van der Waals surface area contributed by atoms with Crippen molar-refractivity contribution < 1.29 is 9.84 Å². The standard InChI is InChI=1S/C17H25BrO2/c1-2-3-4-5-6-7-8-16(19)15-12-14(18)11-13-9-10-20-17(13)15/h11-12,16,19H,2-10H2,1H3. The number of aliphatic hydroxyl groups excluding tert-OH is 1. The van der Waals surface area contributed by atoms with E-state index < -0.39 is 6.10 Å². The summed E-state index contributed by atoms with van der Waals surface area (Å²) in [4.78, 5) is 0. The first-order valence-electron chi connectivity index (χ1n) is 7.85. The summed E-state index contributed by atoms with van der Waals surface area (Å²) in [6.07, 6.45) is 8.91. The van der Waals surface area contributed by atoms with E-state index in [4.69, 9.17) is 4.74 Å². The van der Waals surface area contributed by atoms with Crippen molar-refractivity contribution in [1.82, 2.24) is 0 Å². The van der Waals surface area contributed by atoms with Crippen LogP contribution in [0.2, 0.25) is 0 Å². The molecule has 0 bridgehead atoms. The maximum atomic E-state index is 10.4. The van der Waals surface area contributed by atoms with Crippen molar-refractivity contribution in [3.05, 3.63) is 27.7 Å². The lowest BCUT2D eigenvalue weighted by atomic mass is 9.99. The molecule has 1 unspecified atom stereocenters. The van der Waals surface area contributed by atoms with Crippen LogP contribution in [0.15, 0.2) is 16.6 Å². The van der Waals surface area contributed by atoms with Crippen LogP contribution in [0.1, 0.15) is 69.1 Å². The second-order valence-corrected chi connectivity index (χ2v) is 6.57. The van der Waals surface area contributed by atoms with Crippen LogP contribution in [0.3, 0.4) is 0 Å². The molecule has 1 atom stereocenters. The van der Waals surface area contributed by atoms with Gasteiger partial charge in [0.2, 0.25) is 0 Å². The third-order valence-corrected chi connectivity index (χ3v) is 4.43. The van der Waals surface area contributed by atoms with E-state index in [1.165, 1.54) is 37.7 Å². The maximum Gasteiger partial charge on any atom is 0.128 e. The Bertz CT molecular complexity index is 431. The van der Waals surface area contributed by atoms with Crippen LogP contribution in [-0.2, 0) is 6.42 Å². The van der Waals surface area contributed by atoms with Gasteiger partial charge >= 0.3 is 0 Å². The van der Waals surface area contributed by atoms with Gasteiger partial charge in [-0.15, -0.1) is 0 Å². The number of aliphatic hydroxyl groups is 1. The minimum atomic E-state index is -0.398. The molecule has 0 spiro atoms. The highest BCUT2D eigenvalue weighted by atomic mass is 79.9. The van der Waals surface area contributed by atoms with Gasteiger partial charge < -0.3 is 9.84 Å². The molecule has 1 N–H and O–H groups in total. The van der Waals surface area contributed by atoms with E-state index >= 15 is 0 Å². The van der Waals surface area contributed by atoms with Gasteiger partial charge in [-0.1, -0.05) is 61.4 Å². The number of fused-ring (bicyclic) bond motifs is 1. The Balaban J connectivity index is 1.85. The van der Waals surface area contributed by atoms with E-state index in [1.807, 2.05) is 6.07 Å². The Morgan fingerprint density at radius 1 is 1.20 bits per heavy atom. The molecule has 1 heterocycles. The predicted octanol–water partition coefficient (Wildman–Crippen LogP) is 5.17. The number of unbranched alkanes of at least 4 members (excludes halogenated alkanes) is 5. The molecule has 0 aromatic heterocycles. The molecule has 1 aromatic rings. The van der Waals surface area contributed by atoms with Gasteiger partial charge in [0.15, 0.2) is 0 Å². The molecule has 2 nitrogen and oxygen atoms in total. The summed E-state index contributed by atoms with van der Waals surface area (Å²) < 4.78 is 6.72. The molecule has 1 aromatic carbocycles. The third-order valence-electron chi connectivity index (χ3n) is 3.97. The third kappa shape index (κ3) is 4.23. The van der Waals surface area contributed by atoms with Crippen molar-refractivity contribution >= 4 is 15.9 Å². The van der Waals surface area contributed by atoms with Crippen LogP contribution in [0.25, 0.3) is 0 Å². The normalized spacial score (nSPS) is 14.9. The van der Waals surface area contributed by atoms with Crippen molar-refractivity contribution in [2.75, 3.05) is 6.61 Å². The fraction of sp³-hybridized carbons (Fsp3) is 0.647. The molecule has 2 rings (SSSR count). The van der Waals surface area contributed by atoms with Crippen molar-refractivity contribution in [3.8, 4) is 5.75 Å². The monoisotopic (exact) mass is 340 g/mol. The molecule has 0 fully saturated rings. The fourth-order valence-corrected chi connectivity index (χ4v) is 3.34. The topological polar surface area (TPSA) is 29.5 Å². The van der Waals surface area contributed by atoms with Crippen molar-refractivity contribution in [1.29, 1.82) is 0 Å². The molecule has 1 aliphatic rings. The first-order chi connectivity index (χ1) is 9.72. The lowest BCUT2D eigenvalue weighted by molar-refractivity contribution is 0.159. The van der Waals surface area contributed by atoms with Crippen LogP contribution < -0.4 is 4.74 Å². The lowest BCUT2D eigenvalue weighted by Crippen LogP contribution is -2.01. The first-order valence-corrected chi connectivity index (χ1v) is 8.65. The van der Waals surface area contributed by atoms with Gasteiger partial charge in [0.1, 0.15) is 5.75 Å². The highest BCUT2D eigenvalue weighted by Gasteiger charge is 2.21. The molecule has 0 amide bonds. The van der Waals surface area contributed by atoms with Gasteiger partial charge in [-0.3, -0.25) is 0 Å². The Hall–Kier alpha value is -0.540. The zero-order chi connectivity index (χ0) is 14.4. The molecule has 1 aliphatic heterocycles. The largest absolute Gasteiger partial charge is 0.493 e. The summed E-state index contributed by atoms with van der Waals surface area (Å²) in [5.41, 5.74) is 2.18. The predicted molar refractivity (Wildman–Crippen MR) is 86.3 cm³/mol. The quantitative estimate of drug-likeness (QED) is 0.661. The molecule has 20 heavy (non-hydrogen) atoms. The smallest absolute Gasteiger partial charge is 0.128 e. The van der Waals surface area contributed by atoms with Gasteiger partial charge in [0.25, 0.3) is 0 Å². The number of hydrogen-bond donors (Lipinski definition) is 1. The fourth-order valence-electron chi connectivity index (χ4n) is 2.82. The summed E-state index contributed by atoms with van der Waals surface area (Å²) in [5, 5.41) is 10.4. The average molecular weight is 341 g/mol. The van der Waals surface area contributed by atoms with Gasteiger partial charge in [-0.2, -0.15) is 0 Å². The number of hydrogen-bond acceptors (Lipinski definition) is 2. The van der Waals surface area contributed by atoms with E-state index in [2.05, 4.69) is 28.9 Å². The molecule has 0 saturated carbocycles. The number of rotatable bonds is 8. The molecular weight excluding hydrogens is 316 g/mol. The van der Waals surface area contributed by atoms with Gasteiger partial charge in [-0.25, -0.2) is 0 Å². The molecule has 0 saturated heterocycles. The van der Waals surface area contributed by atoms with Gasteiger partial charge in [0.05, 0.1) is 12.7 Å². The number of ether oxygens (including phenoxy) is 1. The first kappa shape index (κ1) is 15.8. The Labute approximate surface area is 130 Å². The Morgan fingerprint density at radius 3 is 2.75 bits per heavy atom. The zero-order valence-electron chi connectivity index (χ0n) is 12.3. The summed E-state index contributed by atoms with van der Waals surface area (Å²) in [6.45, 7) is 2.97. The SMILES string of the molecule is CCCCCCCCC(O)c1cc(Br)cc2c1OCC2. The van der Waals surface area contributed by atoms with Crippen LogP contribution in [-0.4, -0.2) is 11.7 Å². The molecule has 3 heteroatoms. The van der Waals surface area contributed by atoms with Crippen LogP contribution in [0.4, 0.5) is 0 Å². The van der Waals surface area contributed by atoms with Crippen LogP contribution >= 0.6 is 15.9 Å². The van der Waals surface area contributed by atoms with Gasteiger partial charge in [-0.05, 0) is 24.1 Å². The summed E-state index contributed by atoms with van der Waals surface area (Å²) in [7, 11) is 0. The highest BCUT2D eigenvalue weighted by molar-refractivity contribution is 9.10. The van der Waals surface area contributed by atoms with Gasteiger partial charge in [0, 0.05) is 16.5 Å². The van der Waals surface area contributed by atoms with Crippen LogP contribution in [0, 0.1) is 0 Å². The average Bonchev–Trinajstić information content (AvgIpc) is 2.89. The minimum absolute atomic E-state index is 0.398. The van der Waals surface area contributed by atoms with E-state index in [1.54, 1.807) is 0 Å². The van der Waals surface area contributed by atoms with E-state index in [9.17, 15) is 5.11 Å².